The van der Waals surface area contributed by atoms with Crippen molar-refractivity contribution in [2.45, 2.75) is 58.1 Å². The maximum Gasteiger partial charge on any atom is 0.408 e. The van der Waals surface area contributed by atoms with Crippen molar-refractivity contribution in [1.82, 2.24) is 15.1 Å². The zero-order valence-corrected chi connectivity index (χ0v) is 19.8. The number of alkyl carbamates (subject to hydrolysis) is 1. The molecule has 32 heavy (non-hydrogen) atoms. The summed E-state index contributed by atoms with van der Waals surface area (Å²) < 4.78 is 10.8. The second kappa shape index (κ2) is 11.7. The van der Waals surface area contributed by atoms with Crippen molar-refractivity contribution in [2.75, 3.05) is 45.9 Å². The van der Waals surface area contributed by atoms with Crippen LogP contribution in [0.5, 0.6) is 0 Å². The van der Waals surface area contributed by atoms with E-state index in [4.69, 9.17) is 9.47 Å². The molecule has 0 aromatic heterocycles. The van der Waals surface area contributed by atoms with Gasteiger partial charge in [-0.1, -0.05) is 30.3 Å². The van der Waals surface area contributed by atoms with E-state index in [1.807, 2.05) is 56.0 Å². The summed E-state index contributed by atoms with van der Waals surface area (Å²) in [6.07, 6.45) is 3.11. The van der Waals surface area contributed by atoms with E-state index < -0.39 is 17.7 Å². The maximum atomic E-state index is 13.3. The Morgan fingerprint density at radius 3 is 2.38 bits per heavy atom. The van der Waals surface area contributed by atoms with Crippen molar-refractivity contribution in [3.05, 3.63) is 35.9 Å². The van der Waals surface area contributed by atoms with Crippen LogP contribution in [0.2, 0.25) is 0 Å². The highest BCUT2D eigenvalue weighted by Crippen LogP contribution is 2.22. The van der Waals surface area contributed by atoms with Gasteiger partial charge in [0.25, 0.3) is 0 Å². The second-order valence-corrected chi connectivity index (χ2v) is 9.90. The first-order chi connectivity index (χ1) is 15.3. The van der Waals surface area contributed by atoms with Gasteiger partial charge in [0.2, 0.25) is 5.91 Å². The number of nitrogens with one attached hydrogen (secondary N) is 1. The van der Waals surface area contributed by atoms with Crippen LogP contribution >= 0.6 is 0 Å². The highest BCUT2D eigenvalue weighted by atomic mass is 16.6. The lowest BCUT2D eigenvalue weighted by molar-refractivity contribution is -0.135. The summed E-state index contributed by atoms with van der Waals surface area (Å²) in [4.78, 5) is 30.2. The zero-order chi connectivity index (χ0) is 23.0. The molecule has 0 spiro atoms. The van der Waals surface area contributed by atoms with Crippen LogP contribution in [0.4, 0.5) is 4.79 Å². The van der Waals surface area contributed by atoms with Gasteiger partial charge in [0.15, 0.2) is 0 Å². The summed E-state index contributed by atoms with van der Waals surface area (Å²) in [6, 6.07) is 9.18. The smallest absolute Gasteiger partial charge is 0.408 e. The van der Waals surface area contributed by atoms with Gasteiger partial charge in [-0.05, 0) is 58.1 Å². The predicted octanol–water partition coefficient (Wildman–Crippen LogP) is 3.08. The molecule has 2 aliphatic rings. The Kier molecular flexibility index (Phi) is 8.93. The molecule has 1 unspecified atom stereocenters. The van der Waals surface area contributed by atoms with Gasteiger partial charge in [0, 0.05) is 32.6 Å². The van der Waals surface area contributed by atoms with Crippen LogP contribution in [0.1, 0.15) is 45.6 Å². The Bertz CT molecular complexity index is 720. The lowest BCUT2D eigenvalue weighted by Crippen LogP contribution is -2.52. The Morgan fingerprint density at radius 1 is 1.09 bits per heavy atom. The van der Waals surface area contributed by atoms with Gasteiger partial charge < -0.3 is 19.7 Å². The molecule has 0 radical (unpaired) electrons. The number of nitrogens with zero attached hydrogens (tertiary/aromatic N) is 2. The van der Waals surface area contributed by atoms with E-state index in [1.54, 1.807) is 0 Å². The number of rotatable bonds is 7. The summed E-state index contributed by atoms with van der Waals surface area (Å²) in [5.41, 5.74) is 0.408. The van der Waals surface area contributed by atoms with Crippen molar-refractivity contribution < 1.29 is 19.1 Å². The standard InChI is InChI=1S/C25H39N3O4/c1-25(2,3)32-24(30)26-22(19-21-7-5-4-6-8-21)23(29)28-13-10-20(11-14-28)9-12-27-15-17-31-18-16-27/h4-8,20,22H,9-19H2,1-3H3,(H,26,30). The molecule has 2 amide bonds. The molecule has 2 aliphatic heterocycles. The van der Waals surface area contributed by atoms with Crippen LogP contribution in [0.3, 0.4) is 0 Å². The highest BCUT2D eigenvalue weighted by molar-refractivity contribution is 5.86. The van der Waals surface area contributed by atoms with Gasteiger partial charge >= 0.3 is 6.09 Å². The van der Waals surface area contributed by atoms with E-state index in [1.165, 1.54) is 6.42 Å². The molecule has 0 bridgehead atoms. The molecule has 1 aromatic carbocycles. The number of ether oxygens (including phenoxy) is 2. The van der Waals surface area contributed by atoms with Gasteiger partial charge in [-0.2, -0.15) is 0 Å². The van der Waals surface area contributed by atoms with Crippen LogP contribution in [0.15, 0.2) is 30.3 Å². The quantitative estimate of drug-likeness (QED) is 0.698. The van der Waals surface area contributed by atoms with E-state index in [0.29, 0.717) is 12.3 Å². The summed E-state index contributed by atoms with van der Waals surface area (Å²) in [6.45, 7) is 11.8. The Morgan fingerprint density at radius 2 is 1.75 bits per heavy atom. The number of benzene rings is 1. The van der Waals surface area contributed by atoms with Crippen LogP contribution in [0, 0.1) is 5.92 Å². The molecule has 7 nitrogen and oxygen atoms in total. The first-order valence-electron chi connectivity index (χ1n) is 11.9. The minimum absolute atomic E-state index is 0.0219. The van der Waals surface area contributed by atoms with Crippen molar-refractivity contribution >= 4 is 12.0 Å². The number of hydrogen-bond acceptors (Lipinski definition) is 5. The van der Waals surface area contributed by atoms with Crippen molar-refractivity contribution in [1.29, 1.82) is 0 Å². The van der Waals surface area contributed by atoms with E-state index in [-0.39, 0.29) is 5.91 Å². The fraction of sp³-hybridized carbons (Fsp3) is 0.680. The lowest BCUT2D eigenvalue weighted by Gasteiger charge is -2.35. The van der Waals surface area contributed by atoms with Crippen LogP contribution in [0.25, 0.3) is 0 Å². The van der Waals surface area contributed by atoms with Gasteiger partial charge in [-0.25, -0.2) is 4.79 Å². The zero-order valence-electron chi connectivity index (χ0n) is 19.8. The maximum absolute atomic E-state index is 13.3. The third kappa shape index (κ3) is 8.10. The topological polar surface area (TPSA) is 71.1 Å². The monoisotopic (exact) mass is 445 g/mol. The summed E-state index contributed by atoms with van der Waals surface area (Å²) in [5.74, 6) is 0.625. The van der Waals surface area contributed by atoms with Crippen LogP contribution in [-0.2, 0) is 20.7 Å². The summed E-state index contributed by atoms with van der Waals surface area (Å²) >= 11 is 0. The third-order valence-electron chi connectivity index (χ3n) is 6.16. The van der Waals surface area contributed by atoms with Gasteiger partial charge in [-0.3, -0.25) is 9.69 Å². The second-order valence-electron chi connectivity index (χ2n) is 9.90. The van der Waals surface area contributed by atoms with E-state index in [9.17, 15) is 9.59 Å². The van der Waals surface area contributed by atoms with Crippen LogP contribution < -0.4 is 5.32 Å². The molecule has 0 saturated carbocycles. The molecule has 1 atom stereocenters. The molecule has 2 saturated heterocycles. The molecule has 1 aromatic rings. The van der Waals surface area contributed by atoms with E-state index in [2.05, 4.69) is 10.2 Å². The first kappa shape index (κ1) is 24.5. The van der Waals surface area contributed by atoms with Crippen molar-refractivity contribution in [3.8, 4) is 0 Å². The molecule has 2 heterocycles. The molecular weight excluding hydrogens is 406 g/mol. The molecule has 3 rings (SSSR count). The molecule has 7 heteroatoms. The lowest BCUT2D eigenvalue weighted by atomic mass is 9.92. The average Bonchev–Trinajstić information content (AvgIpc) is 2.77. The Hall–Kier alpha value is -2.12. The normalized spacial score (nSPS) is 19.4. The third-order valence-corrected chi connectivity index (χ3v) is 6.16. The summed E-state index contributed by atoms with van der Waals surface area (Å²) in [5, 5.41) is 2.83. The van der Waals surface area contributed by atoms with Gasteiger partial charge in [0.1, 0.15) is 11.6 Å². The number of hydrogen-bond donors (Lipinski definition) is 1. The van der Waals surface area contributed by atoms with Crippen molar-refractivity contribution in [3.63, 3.8) is 0 Å². The average molecular weight is 446 g/mol. The van der Waals surface area contributed by atoms with Gasteiger partial charge in [-0.15, -0.1) is 0 Å². The number of carbonyl (C=O) groups excluding carboxylic acids is 2. The highest BCUT2D eigenvalue weighted by Gasteiger charge is 2.31. The Labute approximate surface area is 192 Å². The number of likely N-dealkylation sites (tertiary alicyclic amines) is 1. The number of amides is 2. The number of morpholine rings is 1. The SMILES string of the molecule is CC(C)(C)OC(=O)NC(Cc1ccccc1)C(=O)N1CCC(CCN2CCOCC2)CC1. The van der Waals surface area contributed by atoms with Crippen molar-refractivity contribution in [2.24, 2.45) is 5.92 Å². The number of carbonyl (C=O) groups is 2. The van der Waals surface area contributed by atoms with Gasteiger partial charge in [0.05, 0.1) is 13.2 Å². The van der Waals surface area contributed by atoms with E-state index in [0.717, 1.165) is 64.3 Å². The molecule has 0 aliphatic carbocycles. The predicted molar refractivity (Wildman–Crippen MR) is 124 cm³/mol. The largest absolute Gasteiger partial charge is 0.444 e. The molecular formula is C25H39N3O4. The Balaban J connectivity index is 1.53. The molecule has 1 N–H and O–H groups in total. The minimum Gasteiger partial charge on any atom is -0.444 e. The fourth-order valence-corrected chi connectivity index (χ4v) is 4.35. The minimum atomic E-state index is -0.628. The van der Waals surface area contributed by atoms with Crippen LogP contribution in [-0.4, -0.2) is 79.4 Å². The van der Waals surface area contributed by atoms with E-state index >= 15 is 0 Å². The molecule has 2 fully saturated rings. The fourth-order valence-electron chi connectivity index (χ4n) is 4.35. The first-order valence-corrected chi connectivity index (χ1v) is 11.9. The summed E-state index contributed by atoms with van der Waals surface area (Å²) in [7, 11) is 0. The number of piperidine rings is 1. The molecule has 178 valence electrons.